The van der Waals surface area contributed by atoms with Crippen molar-refractivity contribution in [1.82, 2.24) is 5.32 Å². The predicted octanol–water partition coefficient (Wildman–Crippen LogP) is 1.11. The van der Waals surface area contributed by atoms with Crippen LogP contribution in [0.2, 0.25) is 0 Å². The van der Waals surface area contributed by atoms with Gasteiger partial charge in [0.15, 0.2) is 0 Å². The molecule has 0 aliphatic heterocycles. The van der Waals surface area contributed by atoms with Crippen LogP contribution in [0.25, 0.3) is 0 Å². The third-order valence-corrected chi connectivity index (χ3v) is 1.83. The van der Waals surface area contributed by atoms with Crippen LogP contribution < -0.4 is 11.1 Å². The molecule has 0 saturated heterocycles. The lowest BCUT2D eigenvalue weighted by Crippen LogP contribution is -2.20. The molecule has 0 radical (unpaired) electrons. The SMILES string of the molecule is CNC(C)CCCCCN. The van der Waals surface area contributed by atoms with Gasteiger partial charge < -0.3 is 11.1 Å². The molecule has 10 heavy (non-hydrogen) atoms. The number of hydrogen-bond donors (Lipinski definition) is 2. The van der Waals surface area contributed by atoms with E-state index in [4.69, 9.17) is 5.73 Å². The smallest absolute Gasteiger partial charge is 0.00357 e. The van der Waals surface area contributed by atoms with Crippen molar-refractivity contribution in [3.8, 4) is 0 Å². The van der Waals surface area contributed by atoms with Crippen molar-refractivity contribution < 1.29 is 0 Å². The van der Waals surface area contributed by atoms with E-state index in [0.717, 1.165) is 6.54 Å². The van der Waals surface area contributed by atoms with Crippen molar-refractivity contribution >= 4 is 0 Å². The molecule has 3 N–H and O–H groups in total. The van der Waals surface area contributed by atoms with Gasteiger partial charge in [-0.1, -0.05) is 12.8 Å². The van der Waals surface area contributed by atoms with E-state index in [2.05, 4.69) is 12.2 Å². The molecule has 2 nitrogen and oxygen atoms in total. The molecule has 0 amide bonds. The second-order valence-corrected chi connectivity index (χ2v) is 2.83. The molecular weight excluding hydrogens is 124 g/mol. The number of hydrogen-bond acceptors (Lipinski definition) is 2. The van der Waals surface area contributed by atoms with Crippen LogP contribution in [0.1, 0.15) is 32.6 Å². The Hall–Kier alpha value is -0.0800. The van der Waals surface area contributed by atoms with E-state index in [1.165, 1.54) is 25.7 Å². The Bertz CT molecular complexity index is 64.3. The Morgan fingerprint density at radius 2 is 2.00 bits per heavy atom. The number of unbranched alkanes of at least 4 members (excludes halogenated alkanes) is 2. The standard InChI is InChI=1S/C8H20N2/c1-8(10-2)6-4-3-5-7-9/h8,10H,3-7,9H2,1-2H3. The third kappa shape index (κ3) is 6.05. The molecule has 2 heteroatoms. The topological polar surface area (TPSA) is 38.0 Å². The molecule has 0 aliphatic carbocycles. The zero-order chi connectivity index (χ0) is 7.82. The van der Waals surface area contributed by atoms with E-state index in [1.807, 2.05) is 7.05 Å². The molecule has 0 saturated carbocycles. The second kappa shape index (κ2) is 7.03. The van der Waals surface area contributed by atoms with Crippen LogP contribution in [0.5, 0.6) is 0 Å². The normalized spacial score (nSPS) is 13.5. The van der Waals surface area contributed by atoms with Crippen LogP contribution in [0.4, 0.5) is 0 Å². The summed E-state index contributed by atoms with van der Waals surface area (Å²) in [6, 6.07) is 0.665. The zero-order valence-corrected chi connectivity index (χ0v) is 7.19. The third-order valence-electron chi connectivity index (χ3n) is 1.83. The highest BCUT2D eigenvalue weighted by Crippen LogP contribution is 2.01. The van der Waals surface area contributed by atoms with Crippen molar-refractivity contribution in [2.75, 3.05) is 13.6 Å². The van der Waals surface area contributed by atoms with Crippen molar-refractivity contribution in [3.05, 3.63) is 0 Å². The van der Waals surface area contributed by atoms with Gasteiger partial charge in [0, 0.05) is 6.04 Å². The van der Waals surface area contributed by atoms with Gasteiger partial charge in [-0.25, -0.2) is 0 Å². The molecule has 0 rings (SSSR count). The van der Waals surface area contributed by atoms with Crippen LogP contribution in [-0.2, 0) is 0 Å². The summed E-state index contributed by atoms with van der Waals surface area (Å²) in [6.07, 6.45) is 5.04. The summed E-state index contributed by atoms with van der Waals surface area (Å²) in [5, 5.41) is 3.21. The van der Waals surface area contributed by atoms with Gasteiger partial charge in [0.25, 0.3) is 0 Å². The van der Waals surface area contributed by atoms with E-state index in [0.29, 0.717) is 6.04 Å². The molecule has 0 aliphatic rings. The molecule has 0 fully saturated rings. The predicted molar refractivity (Wildman–Crippen MR) is 46.0 cm³/mol. The fraction of sp³-hybridized carbons (Fsp3) is 1.00. The van der Waals surface area contributed by atoms with Crippen molar-refractivity contribution in [3.63, 3.8) is 0 Å². The van der Waals surface area contributed by atoms with Gasteiger partial charge in [-0.05, 0) is 33.4 Å². The molecule has 0 spiro atoms. The Kier molecular flexibility index (Phi) is 6.98. The zero-order valence-electron chi connectivity index (χ0n) is 7.19. The van der Waals surface area contributed by atoms with Crippen LogP contribution in [0.3, 0.4) is 0 Å². The van der Waals surface area contributed by atoms with E-state index >= 15 is 0 Å². The molecular formula is C8H20N2. The first-order valence-corrected chi connectivity index (χ1v) is 4.18. The van der Waals surface area contributed by atoms with E-state index in [-0.39, 0.29) is 0 Å². The fourth-order valence-corrected chi connectivity index (χ4v) is 0.916. The van der Waals surface area contributed by atoms with Gasteiger partial charge in [0.1, 0.15) is 0 Å². The van der Waals surface area contributed by atoms with Crippen LogP contribution >= 0.6 is 0 Å². The van der Waals surface area contributed by atoms with Gasteiger partial charge in [0.2, 0.25) is 0 Å². The van der Waals surface area contributed by atoms with Gasteiger partial charge in [0.05, 0.1) is 0 Å². The molecule has 1 unspecified atom stereocenters. The molecule has 0 bridgehead atoms. The Morgan fingerprint density at radius 3 is 2.50 bits per heavy atom. The lowest BCUT2D eigenvalue weighted by Gasteiger charge is -2.08. The van der Waals surface area contributed by atoms with Crippen molar-refractivity contribution in [1.29, 1.82) is 0 Å². The van der Waals surface area contributed by atoms with Crippen LogP contribution in [0, 0.1) is 0 Å². The molecule has 0 heterocycles. The summed E-state index contributed by atoms with van der Waals surface area (Å²) in [6.45, 7) is 3.05. The summed E-state index contributed by atoms with van der Waals surface area (Å²) in [5.74, 6) is 0. The maximum Gasteiger partial charge on any atom is 0.00357 e. The largest absolute Gasteiger partial charge is 0.330 e. The van der Waals surface area contributed by atoms with Gasteiger partial charge >= 0.3 is 0 Å². The monoisotopic (exact) mass is 144 g/mol. The maximum absolute atomic E-state index is 5.36. The lowest BCUT2D eigenvalue weighted by atomic mass is 10.1. The number of rotatable bonds is 6. The van der Waals surface area contributed by atoms with E-state index in [1.54, 1.807) is 0 Å². The van der Waals surface area contributed by atoms with E-state index < -0.39 is 0 Å². The minimum atomic E-state index is 0.665. The average Bonchev–Trinajstić information content (AvgIpc) is 1.98. The Morgan fingerprint density at radius 1 is 1.30 bits per heavy atom. The van der Waals surface area contributed by atoms with Crippen LogP contribution in [0.15, 0.2) is 0 Å². The highest BCUT2D eigenvalue weighted by atomic mass is 14.8. The average molecular weight is 144 g/mol. The molecule has 0 aromatic heterocycles. The Labute approximate surface area is 64.2 Å². The summed E-state index contributed by atoms with van der Waals surface area (Å²) in [5.41, 5.74) is 5.36. The summed E-state index contributed by atoms with van der Waals surface area (Å²) in [4.78, 5) is 0. The quantitative estimate of drug-likeness (QED) is 0.548. The minimum absolute atomic E-state index is 0.665. The van der Waals surface area contributed by atoms with E-state index in [9.17, 15) is 0 Å². The highest BCUT2D eigenvalue weighted by Gasteiger charge is 1.95. The molecule has 0 aromatic rings. The second-order valence-electron chi connectivity index (χ2n) is 2.83. The van der Waals surface area contributed by atoms with Crippen molar-refractivity contribution in [2.45, 2.75) is 38.6 Å². The van der Waals surface area contributed by atoms with Gasteiger partial charge in [-0.3, -0.25) is 0 Å². The number of nitrogens with one attached hydrogen (secondary N) is 1. The van der Waals surface area contributed by atoms with Crippen LogP contribution in [-0.4, -0.2) is 19.6 Å². The van der Waals surface area contributed by atoms with Gasteiger partial charge in [-0.15, -0.1) is 0 Å². The maximum atomic E-state index is 5.36. The summed E-state index contributed by atoms with van der Waals surface area (Å²) >= 11 is 0. The minimum Gasteiger partial charge on any atom is -0.330 e. The number of nitrogens with two attached hydrogens (primary N) is 1. The first kappa shape index (κ1) is 9.92. The molecule has 1 atom stereocenters. The van der Waals surface area contributed by atoms with Crippen molar-refractivity contribution in [2.24, 2.45) is 5.73 Å². The summed E-state index contributed by atoms with van der Waals surface area (Å²) in [7, 11) is 2.01. The Balaban J connectivity index is 2.89. The lowest BCUT2D eigenvalue weighted by molar-refractivity contribution is 0.521. The fourth-order valence-electron chi connectivity index (χ4n) is 0.916. The molecule has 0 aromatic carbocycles. The first-order chi connectivity index (χ1) is 4.81. The summed E-state index contributed by atoms with van der Waals surface area (Å²) < 4.78 is 0. The highest BCUT2D eigenvalue weighted by molar-refractivity contribution is 4.56. The molecule has 62 valence electrons. The van der Waals surface area contributed by atoms with Gasteiger partial charge in [-0.2, -0.15) is 0 Å². The first-order valence-electron chi connectivity index (χ1n) is 4.18.